The van der Waals surface area contributed by atoms with Crippen LogP contribution in [0.3, 0.4) is 0 Å². The molecule has 0 aliphatic heterocycles. The molecule has 0 N–H and O–H groups in total. The molecule has 1 aliphatic rings. The molecule has 0 saturated heterocycles. The Morgan fingerprint density at radius 1 is 1.38 bits per heavy atom. The number of furan rings is 1. The van der Waals surface area contributed by atoms with Gasteiger partial charge >= 0.3 is 0 Å². The Balaban J connectivity index is 2.19. The van der Waals surface area contributed by atoms with Crippen molar-refractivity contribution in [3.63, 3.8) is 0 Å². The number of alkyl halides is 1. The zero-order valence-corrected chi connectivity index (χ0v) is 9.64. The summed E-state index contributed by atoms with van der Waals surface area (Å²) in [6.07, 6.45) is 6.50. The Morgan fingerprint density at radius 2 is 2.15 bits per heavy atom. The summed E-state index contributed by atoms with van der Waals surface area (Å²) in [6, 6.07) is 1.94. The van der Waals surface area contributed by atoms with Crippen LogP contribution in [0.25, 0.3) is 0 Å². The molecule has 0 amide bonds. The van der Waals surface area contributed by atoms with Crippen molar-refractivity contribution >= 4 is 27.5 Å². The largest absolute Gasteiger partial charge is 0.468 e. The van der Waals surface area contributed by atoms with E-state index in [4.69, 9.17) is 16.0 Å². The van der Waals surface area contributed by atoms with Crippen LogP contribution in [0.5, 0.6) is 0 Å². The van der Waals surface area contributed by atoms with Gasteiger partial charge in [0.2, 0.25) is 0 Å². The molecule has 0 aromatic carbocycles. The highest BCUT2D eigenvalue weighted by atomic mass is 79.9. The predicted octanol–water partition coefficient (Wildman–Crippen LogP) is 4.31. The fourth-order valence-corrected chi connectivity index (χ4v) is 2.84. The first-order chi connectivity index (χ1) is 6.29. The SMILES string of the molecule is ClC1CCCCC1c1occc1Br. The van der Waals surface area contributed by atoms with E-state index in [0.717, 1.165) is 23.1 Å². The lowest BCUT2D eigenvalue weighted by atomic mass is 9.87. The molecule has 1 aromatic rings. The van der Waals surface area contributed by atoms with Crippen molar-refractivity contribution in [3.8, 4) is 0 Å². The third-order valence-corrected chi connectivity index (χ3v) is 3.84. The van der Waals surface area contributed by atoms with Gasteiger partial charge in [-0.25, -0.2) is 0 Å². The van der Waals surface area contributed by atoms with E-state index < -0.39 is 0 Å². The van der Waals surface area contributed by atoms with Crippen molar-refractivity contribution in [1.29, 1.82) is 0 Å². The molecule has 13 heavy (non-hydrogen) atoms. The maximum Gasteiger partial charge on any atom is 0.122 e. The second-order valence-electron chi connectivity index (χ2n) is 3.54. The summed E-state index contributed by atoms with van der Waals surface area (Å²) < 4.78 is 6.50. The van der Waals surface area contributed by atoms with Crippen LogP contribution in [0.2, 0.25) is 0 Å². The molecule has 1 saturated carbocycles. The van der Waals surface area contributed by atoms with Crippen molar-refractivity contribution in [3.05, 3.63) is 22.6 Å². The van der Waals surface area contributed by atoms with Gasteiger partial charge < -0.3 is 4.42 Å². The highest BCUT2D eigenvalue weighted by molar-refractivity contribution is 9.10. The maximum atomic E-state index is 6.27. The van der Waals surface area contributed by atoms with Crippen LogP contribution in [0.4, 0.5) is 0 Å². The van der Waals surface area contributed by atoms with Crippen LogP contribution >= 0.6 is 27.5 Å². The fraction of sp³-hybridized carbons (Fsp3) is 0.600. The molecule has 2 atom stereocenters. The van der Waals surface area contributed by atoms with Gasteiger partial charge in [-0.15, -0.1) is 11.6 Å². The maximum absolute atomic E-state index is 6.27. The number of halogens is 2. The predicted molar refractivity (Wildman–Crippen MR) is 57.3 cm³/mol. The Bertz CT molecular complexity index is 284. The van der Waals surface area contributed by atoms with Crippen molar-refractivity contribution in [2.45, 2.75) is 37.0 Å². The minimum absolute atomic E-state index is 0.246. The minimum Gasteiger partial charge on any atom is -0.468 e. The monoisotopic (exact) mass is 262 g/mol. The zero-order valence-electron chi connectivity index (χ0n) is 7.30. The van der Waals surface area contributed by atoms with E-state index in [1.165, 1.54) is 12.8 Å². The zero-order chi connectivity index (χ0) is 9.26. The Labute approximate surface area is 91.6 Å². The molecule has 0 radical (unpaired) electrons. The van der Waals surface area contributed by atoms with Crippen LogP contribution in [0.1, 0.15) is 37.4 Å². The standard InChI is InChI=1S/C10H12BrClO/c11-8-5-6-13-10(8)7-3-1-2-4-9(7)12/h5-7,9H,1-4H2. The van der Waals surface area contributed by atoms with Crippen molar-refractivity contribution < 1.29 is 4.42 Å². The van der Waals surface area contributed by atoms with Crippen molar-refractivity contribution in [2.24, 2.45) is 0 Å². The molecule has 3 heteroatoms. The van der Waals surface area contributed by atoms with Crippen LogP contribution in [-0.4, -0.2) is 5.38 Å². The molecular weight excluding hydrogens is 251 g/mol. The lowest BCUT2D eigenvalue weighted by molar-refractivity contribution is 0.378. The van der Waals surface area contributed by atoms with E-state index in [1.807, 2.05) is 6.07 Å². The molecule has 1 aromatic heterocycles. The molecule has 1 nitrogen and oxygen atoms in total. The highest BCUT2D eigenvalue weighted by Gasteiger charge is 2.28. The average molecular weight is 264 g/mol. The van der Waals surface area contributed by atoms with Gasteiger partial charge in [-0.3, -0.25) is 0 Å². The van der Waals surface area contributed by atoms with E-state index in [1.54, 1.807) is 6.26 Å². The molecule has 2 rings (SSSR count). The Morgan fingerprint density at radius 3 is 2.77 bits per heavy atom. The first-order valence-corrected chi connectivity index (χ1v) is 5.89. The summed E-state index contributed by atoms with van der Waals surface area (Å²) in [5.74, 6) is 1.43. The molecule has 1 heterocycles. The molecule has 2 unspecified atom stereocenters. The van der Waals surface area contributed by atoms with E-state index in [0.29, 0.717) is 5.92 Å². The van der Waals surface area contributed by atoms with Gasteiger partial charge in [0.05, 0.1) is 10.7 Å². The molecule has 72 valence electrons. The van der Waals surface area contributed by atoms with Crippen molar-refractivity contribution in [1.82, 2.24) is 0 Å². The van der Waals surface area contributed by atoms with Gasteiger partial charge in [-0.2, -0.15) is 0 Å². The third kappa shape index (κ3) is 1.94. The lowest BCUT2D eigenvalue weighted by Crippen LogP contribution is -2.17. The Kier molecular flexibility index (Phi) is 2.99. The summed E-state index contributed by atoms with van der Waals surface area (Å²) in [6.45, 7) is 0. The lowest BCUT2D eigenvalue weighted by Gasteiger charge is -2.25. The molecule has 0 bridgehead atoms. The van der Waals surface area contributed by atoms with E-state index in [9.17, 15) is 0 Å². The van der Waals surface area contributed by atoms with E-state index in [2.05, 4.69) is 15.9 Å². The van der Waals surface area contributed by atoms with Crippen molar-refractivity contribution in [2.75, 3.05) is 0 Å². The summed E-state index contributed by atoms with van der Waals surface area (Å²) in [5.41, 5.74) is 0. The quantitative estimate of drug-likeness (QED) is 0.688. The summed E-state index contributed by atoms with van der Waals surface area (Å²) >= 11 is 9.74. The van der Waals surface area contributed by atoms with Gasteiger partial charge in [0.1, 0.15) is 5.76 Å². The van der Waals surface area contributed by atoms with Gasteiger partial charge in [-0.05, 0) is 34.8 Å². The smallest absolute Gasteiger partial charge is 0.122 e. The second kappa shape index (κ2) is 4.05. The van der Waals surface area contributed by atoms with Crippen LogP contribution < -0.4 is 0 Å². The first kappa shape index (κ1) is 9.60. The van der Waals surface area contributed by atoms with E-state index in [-0.39, 0.29) is 5.38 Å². The number of hydrogen-bond acceptors (Lipinski definition) is 1. The second-order valence-corrected chi connectivity index (χ2v) is 4.95. The minimum atomic E-state index is 0.246. The van der Waals surface area contributed by atoms with Crippen LogP contribution in [0.15, 0.2) is 21.2 Å². The molecule has 1 fully saturated rings. The molecule has 1 aliphatic carbocycles. The van der Waals surface area contributed by atoms with Gasteiger partial charge in [0.25, 0.3) is 0 Å². The molecular formula is C10H12BrClO. The molecule has 0 spiro atoms. The summed E-state index contributed by atoms with van der Waals surface area (Å²) in [5, 5.41) is 0.246. The highest BCUT2D eigenvalue weighted by Crippen LogP contribution is 2.39. The van der Waals surface area contributed by atoms with Gasteiger partial charge in [0.15, 0.2) is 0 Å². The summed E-state index contributed by atoms with van der Waals surface area (Å²) in [7, 11) is 0. The fourth-order valence-electron chi connectivity index (χ4n) is 1.95. The first-order valence-electron chi connectivity index (χ1n) is 4.66. The third-order valence-electron chi connectivity index (χ3n) is 2.66. The van der Waals surface area contributed by atoms with Crippen LogP contribution in [-0.2, 0) is 0 Å². The average Bonchev–Trinajstić information content (AvgIpc) is 2.52. The number of rotatable bonds is 1. The van der Waals surface area contributed by atoms with Crippen LogP contribution in [0, 0.1) is 0 Å². The Hall–Kier alpha value is 0.0500. The van der Waals surface area contributed by atoms with Gasteiger partial charge in [0, 0.05) is 11.3 Å². The van der Waals surface area contributed by atoms with E-state index >= 15 is 0 Å². The topological polar surface area (TPSA) is 13.1 Å². The summed E-state index contributed by atoms with van der Waals surface area (Å²) in [4.78, 5) is 0. The number of hydrogen-bond donors (Lipinski definition) is 0. The normalized spacial score (nSPS) is 29.1. The van der Waals surface area contributed by atoms with Gasteiger partial charge in [-0.1, -0.05) is 12.8 Å².